The second kappa shape index (κ2) is 5.16. The van der Waals surface area contributed by atoms with E-state index in [-0.39, 0.29) is 6.04 Å². The number of thioether (sulfide) groups is 1. The van der Waals surface area contributed by atoms with Gasteiger partial charge in [0.2, 0.25) is 0 Å². The Kier molecular flexibility index (Phi) is 3.39. The Hall–Kier alpha value is -1.26. The first-order valence-electron chi connectivity index (χ1n) is 6.33. The highest BCUT2D eigenvalue weighted by Gasteiger charge is 2.26. The highest BCUT2D eigenvalue weighted by molar-refractivity contribution is 8.00. The largest absolute Gasteiger partial charge is 0.322 e. The molecule has 4 heteroatoms. The molecule has 2 heterocycles. The highest BCUT2D eigenvalue weighted by Crippen LogP contribution is 2.34. The van der Waals surface area contributed by atoms with Crippen LogP contribution in [0.25, 0.3) is 5.69 Å². The SMILES string of the molecule is NC(c1ccnn1-c1ccccc1)C1CCCS1. The summed E-state index contributed by atoms with van der Waals surface area (Å²) in [6.07, 6.45) is 4.33. The highest BCUT2D eigenvalue weighted by atomic mass is 32.2. The first-order valence-corrected chi connectivity index (χ1v) is 7.37. The maximum absolute atomic E-state index is 6.40. The summed E-state index contributed by atoms with van der Waals surface area (Å²) in [4.78, 5) is 0. The summed E-state index contributed by atoms with van der Waals surface area (Å²) in [7, 11) is 0. The van der Waals surface area contributed by atoms with E-state index < -0.39 is 0 Å². The molecule has 0 bridgehead atoms. The molecule has 18 heavy (non-hydrogen) atoms. The van der Waals surface area contributed by atoms with Crippen LogP contribution in [0.5, 0.6) is 0 Å². The fraction of sp³-hybridized carbons (Fsp3) is 0.357. The molecule has 2 unspecified atom stereocenters. The third-order valence-electron chi connectivity index (χ3n) is 3.38. The maximum Gasteiger partial charge on any atom is 0.0649 e. The van der Waals surface area contributed by atoms with Crippen molar-refractivity contribution in [2.45, 2.75) is 24.1 Å². The lowest BCUT2D eigenvalue weighted by molar-refractivity contribution is 0.606. The second-order valence-corrected chi connectivity index (χ2v) is 5.93. The monoisotopic (exact) mass is 259 g/mol. The number of para-hydroxylation sites is 1. The summed E-state index contributed by atoms with van der Waals surface area (Å²) in [6.45, 7) is 0. The molecule has 1 fully saturated rings. The lowest BCUT2D eigenvalue weighted by Crippen LogP contribution is -2.24. The molecule has 0 saturated carbocycles. The second-order valence-electron chi connectivity index (χ2n) is 4.58. The summed E-state index contributed by atoms with van der Waals surface area (Å²) in [5.41, 5.74) is 8.59. The zero-order chi connectivity index (χ0) is 12.4. The third-order valence-corrected chi connectivity index (χ3v) is 4.86. The van der Waals surface area contributed by atoms with Crippen LogP contribution in [0.15, 0.2) is 42.6 Å². The van der Waals surface area contributed by atoms with Gasteiger partial charge in [-0.25, -0.2) is 4.68 Å². The van der Waals surface area contributed by atoms with Crippen molar-refractivity contribution < 1.29 is 0 Å². The van der Waals surface area contributed by atoms with E-state index in [2.05, 4.69) is 17.2 Å². The van der Waals surface area contributed by atoms with Crippen molar-refractivity contribution >= 4 is 11.8 Å². The van der Waals surface area contributed by atoms with Crippen molar-refractivity contribution in [1.82, 2.24) is 9.78 Å². The zero-order valence-electron chi connectivity index (χ0n) is 10.2. The Bertz CT molecular complexity index is 503. The van der Waals surface area contributed by atoms with Crippen LogP contribution in [0.3, 0.4) is 0 Å². The van der Waals surface area contributed by atoms with Crippen molar-refractivity contribution in [2.75, 3.05) is 5.75 Å². The van der Waals surface area contributed by atoms with Gasteiger partial charge in [-0.05, 0) is 36.8 Å². The van der Waals surface area contributed by atoms with Gasteiger partial charge >= 0.3 is 0 Å². The molecule has 2 aromatic rings. The van der Waals surface area contributed by atoms with E-state index in [1.165, 1.54) is 18.6 Å². The molecule has 0 amide bonds. The van der Waals surface area contributed by atoms with Gasteiger partial charge in [0.1, 0.15) is 0 Å². The predicted molar refractivity (Wildman–Crippen MR) is 76.0 cm³/mol. The van der Waals surface area contributed by atoms with Gasteiger partial charge in [-0.3, -0.25) is 0 Å². The van der Waals surface area contributed by atoms with Crippen molar-refractivity contribution in [3.63, 3.8) is 0 Å². The summed E-state index contributed by atoms with van der Waals surface area (Å²) >= 11 is 1.99. The molecule has 2 N–H and O–H groups in total. The maximum atomic E-state index is 6.40. The summed E-state index contributed by atoms with van der Waals surface area (Å²) < 4.78 is 1.96. The Morgan fingerprint density at radius 3 is 2.83 bits per heavy atom. The van der Waals surface area contributed by atoms with Crippen molar-refractivity contribution in [2.24, 2.45) is 5.73 Å². The molecule has 1 aliphatic rings. The number of nitrogens with two attached hydrogens (primary N) is 1. The van der Waals surface area contributed by atoms with E-state index >= 15 is 0 Å². The van der Waals surface area contributed by atoms with Gasteiger partial charge < -0.3 is 5.73 Å². The van der Waals surface area contributed by atoms with Crippen LogP contribution in [-0.4, -0.2) is 20.8 Å². The number of rotatable bonds is 3. The number of hydrogen-bond donors (Lipinski definition) is 1. The minimum atomic E-state index is 0.0696. The number of benzene rings is 1. The van der Waals surface area contributed by atoms with Crippen molar-refractivity contribution in [3.8, 4) is 5.69 Å². The fourth-order valence-corrected chi connectivity index (χ4v) is 3.74. The average Bonchev–Trinajstić information content (AvgIpc) is 3.10. The van der Waals surface area contributed by atoms with E-state index in [9.17, 15) is 0 Å². The zero-order valence-corrected chi connectivity index (χ0v) is 11.0. The van der Waals surface area contributed by atoms with Gasteiger partial charge in [0.05, 0.1) is 17.4 Å². The van der Waals surface area contributed by atoms with Gasteiger partial charge in [-0.1, -0.05) is 18.2 Å². The molecule has 1 aliphatic heterocycles. The van der Waals surface area contributed by atoms with Crippen molar-refractivity contribution in [3.05, 3.63) is 48.3 Å². The molecular formula is C14H17N3S. The standard InChI is InChI=1S/C14H17N3S/c15-14(13-7-4-10-18-13)12-8-9-16-17(12)11-5-2-1-3-6-11/h1-3,5-6,8-9,13-14H,4,7,10,15H2. The summed E-state index contributed by atoms with van der Waals surface area (Å²) in [5, 5.41) is 4.94. The van der Waals surface area contributed by atoms with Gasteiger partial charge in [0, 0.05) is 11.4 Å². The normalized spacial score (nSPS) is 21.1. The molecule has 94 valence electrons. The molecule has 1 aromatic heterocycles. The molecule has 0 aliphatic carbocycles. The smallest absolute Gasteiger partial charge is 0.0649 e. The molecule has 2 atom stereocenters. The van der Waals surface area contributed by atoms with E-state index in [1.54, 1.807) is 0 Å². The quantitative estimate of drug-likeness (QED) is 0.921. The van der Waals surface area contributed by atoms with Gasteiger partial charge in [0.15, 0.2) is 0 Å². The lowest BCUT2D eigenvalue weighted by atomic mass is 10.1. The first kappa shape index (κ1) is 11.8. The topological polar surface area (TPSA) is 43.8 Å². The van der Waals surface area contributed by atoms with Crippen LogP contribution in [0, 0.1) is 0 Å². The average molecular weight is 259 g/mol. The van der Waals surface area contributed by atoms with E-state index in [4.69, 9.17) is 5.73 Å². The van der Waals surface area contributed by atoms with Crippen LogP contribution in [-0.2, 0) is 0 Å². The van der Waals surface area contributed by atoms with Crippen LogP contribution in [0.4, 0.5) is 0 Å². The van der Waals surface area contributed by atoms with E-state index in [0.717, 1.165) is 11.4 Å². The molecule has 0 spiro atoms. The predicted octanol–water partition coefficient (Wildman–Crippen LogP) is 2.77. The first-order chi connectivity index (χ1) is 8.86. The summed E-state index contributed by atoms with van der Waals surface area (Å²) in [6, 6.07) is 12.3. The van der Waals surface area contributed by atoms with E-state index in [0.29, 0.717) is 5.25 Å². The summed E-state index contributed by atoms with van der Waals surface area (Å²) in [5.74, 6) is 1.23. The number of nitrogens with zero attached hydrogens (tertiary/aromatic N) is 2. The van der Waals surface area contributed by atoms with E-state index in [1.807, 2.05) is 46.9 Å². The number of hydrogen-bond acceptors (Lipinski definition) is 3. The Morgan fingerprint density at radius 2 is 2.11 bits per heavy atom. The van der Waals surface area contributed by atoms with Crippen molar-refractivity contribution in [1.29, 1.82) is 0 Å². The van der Waals surface area contributed by atoms with Crippen LogP contribution < -0.4 is 5.73 Å². The molecule has 0 radical (unpaired) electrons. The minimum absolute atomic E-state index is 0.0696. The van der Waals surface area contributed by atoms with Gasteiger partial charge in [-0.2, -0.15) is 16.9 Å². The number of aromatic nitrogens is 2. The molecule has 1 aromatic carbocycles. The third kappa shape index (κ3) is 2.18. The Labute approximate surface area is 111 Å². The lowest BCUT2D eigenvalue weighted by Gasteiger charge is -2.19. The van der Waals surface area contributed by atoms with Crippen LogP contribution in [0.2, 0.25) is 0 Å². The van der Waals surface area contributed by atoms with Crippen LogP contribution >= 0.6 is 11.8 Å². The van der Waals surface area contributed by atoms with Gasteiger partial charge in [-0.15, -0.1) is 0 Å². The van der Waals surface area contributed by atoms with Crippen LogP contribution in [0.1, 0.15) is 24.6 Å². The molecular weight excluding hydrogens is 242 g/mol. The molecule has 1 saturated heterocycles. The molecule has 3 rings (SSSR count). The fourth-order valence-electron chi connectivity index (χ4n) is 2.43. The Morgan fingerprint density at radius 1 is 1.28 bits per heavy atom. The van der Waals surface area contributed by atoms with Gasteiger partial charge in [0.25, 0.3) is 0 Å². The molecule has 3 nitrogen and oxygen atoms in total. The Balaban J connectivity index is 1.91. The minimum Gasteiger partial charge on any atom is -0.322 e.